The van der Waals surface area contributed by atoms with Crippen molar-refractivity contribution in [3.63, 3.8) is 0 Å². The Morgan fingerprint density at radius 2 is 2.07 bits per heavy atom. The molecule has 3 fully saturated rings. The van der Waals surface area contributed by atoms with Crippen LogP contribution in [0.3, 0.4) is 0 Å². The van der Waals surface area contributed by atoms with Gasteiger partial charge in [0.2, 0.25) is 5.91 Å². The zero-order valence-corrected chi connectivity index (χ0v) is 16.6. The van der Waals surface area contributed by atoms with Gasteiger partial charge < -0.3 is 19.4 Å². The van der Waals surface area contributed by atoms with Crippen molar-refractivity contribution in [2.75, 3.05) is 56.7 Å². The Hall–Kier alpha value is -1.89. The van der Waals surface area contributed by atoms with E-state index in [4.69, 9.17) is 9.72 Å². The van der Waals surface area contributed by atoms with Crippen LogP contribution in [-0.2, 0) is 9.53 Å². The number of rotatable bonds is 4. The molecule has 7 heteroatoms. The highest BCUT2D eigenvalue weighted by molar-refractivity contribution is 5.77. The average molecular weight is 374 g/mol. The van der Waals surface area contributed by atoms with Crippen molar-refractivity contribution < 1.29 is 9.53 Å². The number of amides is 1. The number of ether oxygens (including phenoxy) is 1. The SMILES string of the molecule is CN(C)c1cncc(N2CCC3(CCC(=O)N(C[C@@H]4CCCO4)C3)CC2)n1. The van der Waals surface area contributed by atoms with Crippen molar-refractivity contribution in [3.05, 3.63) is 12.4 Å². The minimum atomic E-state index is 0.244. The molecule has 3 saturated heterocycles. The molecule has 0 aliphatic carbocycles. The van der Waals surface area contributed by atoms with Crippen LogP contribution in [0.1, 0.15) is 38.5 Å². The van der Waals surface area contributed by atoms with Crippen LogP contribution in [0.15, 0.2) is 12.4 Å². The minimum Gasteiger partial charge on any atom is -0.376 e. The Balaban J connectivity index is 1.38. The predicted octanol–water partition coefficient (Wildman–Crippen LogP) is 1.93. The predicted molar refractivity (Wildman–Crippen MR) is 105 cm³/mol. The Bertz CT molecular complexity index is 666. The molecule has 3 aliphatic heterocycles. The van der Waals surface area contributed by atoms with E-state index in [1.165, 1.54) is 0 Å². The summed E-state index contributed by atoms with van der Waals surface area (Å²) < 4.78 is 5.76. The number of hydrogen-bond acceptors (Lipinski definition) is 6. The first-order valence-electron chi connectivity index (χ1n) is 10.2. The molecule has 0 aromatic carbocycles. The topological polar surface area (TPSA) is 61.8 Å². The molecule has 1 aromatic heterocycles. The van der Waals surface area contributed by atoms with Gasteiger partial charge in [-0.1, -0.05) is 0 Å². The van der Waals surface area contributed by atoms with Crippen LogP contribution in [0, 0.1) is 5.41 Å². The van der Waals surface area contributed by atoms with Crippen molar-refractivity contribution in [2.45, 2.75) is 44.6 Å². The maximum Gasteiger partial charge on any atom is 0.222 e. The van der Waals surface area contributed by atoms with E-state index in [0.29, 0.717) is 12.3 Å². The van der Waals surface area contributed by atoms with Crippen molar-refractivity contribution in [2.24, 2.45) is 5.41 Å². The summed E-state index contributed by atoms with van der Waals surface area (Å²) in [7, 11) is 3.97. The standard InChI is InChI=1S/C20H31N5O2/c1-23(2)17-12-21-13-18(22-17)24-9-7-20(8-10-24)6-5-19(26)25(15-20)14-16-4-3-11-27-16/h12-13,16H,3-11,14-15H2,1-2H3/t16-/m0/s1. The van der Waals surface area contributed by atoms with Crippen LogP contribution in [0.5, 0.6) is 0 Å². The Labute approximate surface area is 161 Å². The fourth-order valence-corrected chi connectivity index (χ4v) is 4.63. The van der Waals surface area contributed by atoms with Crippen molar-refractivity contribution >= 4 is 17.5 Å². The molecule has 1 atom stereocenters. The summed E-state index contributed by atoms with van der Waals surface area (Å²) in [6, 6.07) is 0. The lowest BCUT2D eigenvalue weighted by Crippen LogP contribution is -2.53. The molecule has 3 aliphatic rings. The molecular formula is C20H31N5O2. The fourth-order valence-electron chi connectivity index (χ4n) is 4.63. The Kier molecular flexibility index (Phi) is 5.21. The minimum absolute atomic E-state index is 0.244. The Morgan fingerprint density at radius 3 is 2.78 bits per heavy atom. The molecule has 0 N–H and O–H groups in total. The maximum absolute atomic E-state index is 12.4. The molecular weight excluding hydrogens is 342 g/mol. The van der Waals surface area contributed by atoms with Crippen LogP contribution in [0.4, 0.5) is 11.6 Å². The summed E-state index contributed by atoms with van der Waals surface area (Å²) in [5.74, 6) is 2.15. The van der Waals surface area contributed by atoms with Crippen molar-refractivity contribution in [3.8, 4) is 0 Å². The molecule has 27 heavy (non-hydrogen) atoms. The molecule has 1 aromatic rings. The number of aromatic nitrogens is 2. The zero-order valence-electron chi connectivity index (χ0n) is 16.6. The number of piperidine rings is 2. The highest BCUT2D eigenvalue weighted by Crippen LogP contribution is 2.41. The number of nitrogens with zero attached hydrogens (tertiary/aromatic N) is 5. The summed E-state index contributed by atoms with van der Waals surface area (Å²) in [5.41, 5.74) is 0.260. The molecule has 0 radical (unpaired) electrons. The number of likely N-dealkylation sites (tertiary alicyclic amines) is 1. The van der Waals surface area contributed by atoms with Gasteiger partial charge in [-0.05, 0) is 37.5 Å². The molecule has 7 nitrogen and oxygen atoms in total. The largest absolute Gasteiger partial charge is 0.376 e. The van der Waals surface area contributed by atoms with Crippen molar-refractivity contribution in [1.82, 2.24) is 14.9 Å². The molecule has 148 valence electrons. The van der Waals surface area contributed by atoms with E-state index in [2.05, 4.69) is 14.8 Å². The third-order valence-electron chi connectivity index (χ3n) is 6.41. The van der Waals surface area contributed by atoms with Gasteiger partial charge in [0.25, 0.3) is 0 Å². The summed E-state index contributed by atoms with van der Waals surface area (Å²) in [6.07, 6.45) is 10.0. The smallest absolute Gasteiger partial charge is 0.222 e. The second kappa shape index (κ2) is 7.62. The highest BCUT2D eigenvalue weighted by Gasteiger charge is 2.41. The van der Waals surface area contributed by atoms with Gasteiger partial charge in [-0.15, -0.1) is 0 Å². The van der Waals surface area contributed by atoms with Gasteiger partial charge >= 0.3 is 0 Å². The van der Waals surface area contributed by atoms with E-state index >= 15 is 0 Å². The molecule has 1 amide bonds. The first kappa shape index (κ1) is 18.5. The van der Waals surface area contributed by atoms with E-state index in [1.807, 2.05) is 25.2 Å². The van der Waals surface area contributed by atoms with Gasteiger partial charge in [0.1, 0.15) is 11.6 Å². The fraction of sp³-hybridized carbons (Fsp3) is 0.750. The first-order valence-corrected chi connectivity index (χ1v) is 10.2. The van der Waals surface area contributed by atoms with Gasteiger partial charge in [0.15, 0.2) is 0 Å². The number of carbonyl (C=O) groups is 1. The molecule has 0 saturated carbocycles. The highest BCUT2D eigenvalue weighted by atomic mass is 16.5. The first-order chi connectivity index (χ1) is 13.0. The number of carbonyl (C=O) groups excluding carboxylic acids is 1. The summed E-state index contributed by atoms with van der Waals surface area (Å²) in [4.78, 5) is 27.9. The normalized spacial score (nSPS) is 25.3. The maximum atomic E-state index is 12.4. The number of hydrogen-bond donors (Lipinski definition) is 0. The molecule has 0 unspecified atom stereocenters. The molecule has 4 rings (SSSR count). The van der Waals surface area contributed by atoms with Crippen LogP contribution in [0.25, 0.3) is 0 Å². The summed E-state index contributed by atoms with van der Waals surface area (Å²) in [6.45, 7) is 4.48. The third kappa shape index (κ3) is 4.03. The van der Waals surface area contributed by atoms with E-state index in [0.717, 1.165) is 76.5 Å². The van der Waals surface area contributed by atoms with E-state index < -0.39 is 0 Å². The lowest BCUT2D eigenvalue weighted by atomic mass is 9.72. The zero-order chi connectivity index (χ0) is 18.9. The average Bonchev–Trinajstić information content (AvgIpc) is 3.19. The van der Waals surface area contributed by atoms with Crippen LogP contribution in [0.2, 0.25) is 0 Å². The monoisotopic (exact) mass is 373 g/mol. The van der Waals surface area contributed by atoms with Gasteiger partial charge in [-0.2, -0.15) is 0 Å². The van der Waals surface area contributed by atoms with Crippen LogP contribution >= 0.6 is 0 Å². The van der Waals surface area contributed by atoms with Gasteiger partial charge in [0.05, 0.1) is 18.5 Å². The van der Waals surface area contributed by atoms with E-state index in [1.54, 1.807) is 6.20 Å². The third-order valence-corrected chi connectivity index (χ3v) is 6.41. The van der Waals surface area contributed by atoms with Crippen LogP contribution < -0.4 is 9.80 Å². The number of anilines is 2. The van der Waals surface area contributed by atoms with E-state index in [-0.39, 0.29) is 11.5 Å². The molecule has 1 spiro atoms. The lowest BCUT2D eigenvalue weighted by Gasteiger charge is -2.48. The molecule has 4 heterocycles. The van der Waals surface area contributed by atoms with Gasteiger partial charge in [0, 0.05) is 53.3 Å². The lowest BCUT2D eigenvalue weighted by molar-refractivity contribution is -0.140. The van der Waals surface area contributed by atoms with Gasteiger partial charge in [-0.25, -0.2) is 4.98 Å². The second-order valence-electron chi connectivity index (χ2n) is 8.53. The molecule has 0 bridgehead atoms. The van der Waals surface area contributed by atoms with E-state index in [9.17, 15) is 4.79 Å². The van der Waals surface area contributed by atoms with Crippen molar-refractivity contribution in [1.29, 1.82) is 0 Å². The summed E-state index contributed by atoms with van der Waals surface area (Å²) in [5, 5.41) is 0. The summed E-state index contributed by atoms with van der Waals surface area (Å²) >= 11 is 0. The van der Waals surface area contributed by atoms with Gasteiger partial charge in [-0.3, -0.25) is 9.78 Å². The Morgan fingerprint density at radius 1 is 1.26 bits per heavy atom. The van der Waals surface area contributed by atoms with Crippen LogP contribution in [-0.4, -0.2) is 73.8 Å². The quantitative estimate of drug-likeness (QED) is 0.804. The second-order valence-corrected chi connectivity index (χ2v) is 8.53.